The number of hydrogen-bond donors (Lipinski definition) is 2. The number of rotatable bonds is 8. The van der Waals surface area contributed by atoms with Gasteiger partial charge in [-0.3, -0.25) is 4.79 Å². The zero-order valence-corrected chi connectivity index (χ0v) is 13.9. The van der Waals surface area contributed by atoms with Crippen molar-refractivity contribution in [3.8, 4) is 0 Å². The summed E-state index contributed by atoms with van der Waals surface area (Å²) < 4.78 is 0. The lowest BCUT2D eigenvalue weighted by Gasteiger charge is -2.05. The largest absolute Gasteiger partial charge is 0.361 e. The number of carbonyl (C=O) groups excluding carboxylic acids is 1. The molecule has 0 unspecified atom stereocenters. The van der Waals surface area contributed by atoms with Gasteiger partial charge in [0, 0.05) is 30.1 Å². The average Bonchev–Trinajstić information content (AvgIpc) is 3.03. The molecule has 0 atom stereocenters. The molecule has 3 nitrogen and oxygen atoms in total. The maximum absolute atomic E-state index is 11.9. The predicted octanol–water partition coefficient (Wildman–Crippen LogP) is 4.24. The van der Waals surface area contributed by atoms with E-state index in [4.69, 9.17) is 0 Å². The number of para-hydroxylation sites is 1. The van der Waals surface area contributed by atoms with Gasteiger partial charge in [-0.15, -0.1) is 0 Å². The Hall–Kier alpha value is -2.55. The molecule has 1 aromatic heterocycles. The van der Waals surface area contributed by atoms with E-state index in [0.717, 1.165) is 25.7 Å². The van der Waals surface area contributed by atoms with Gasteiger partial charge in [-0.05, 0) is 42.9 Å². The number of fused-ring (bicyclic) bond motifs is 1. The van der Waals surface area contributed by atoms with Crippen LogP contribution in [0.1, 0.15) is 30.4 Å². The van der Waals surface area contributed by atoms with Crippen molar-refractivity contribution in [2.75, 3.05) is 6.54 Å². The van der Waals surface area contributed by atoms with Gasteiger partial charge >= 0.3 is 0 Å². The third kappa shape index (κ3) is 4.48. The van der Waals surface area contributed by atoms with Crippen LogP contribution in [0.5, 0.6) is 0 Å². The first-order chi connectivity index (χ1) is 11.8. The Bertz CT molecular complexity index is 777. The Labute approximate surface area is 143 Å². The molecule has 0 bridgehead atoms. The number of benzene rings is 2. The van der Waals surface area contributed by atoms with Gasteiger partial charge in [-0.1, -0.05) is 48.5 Å². The lowest BCUT2D eigenvalue weighted by molar-refractivity contribution is -0.121. The summed E-state index contributed by atoms with van der Waals surface area (Å²) in [6, 6.07) is 18.6. The van der Waals surface area contributed by atoms with Gasteiger partial charge in [0.1, 0.15) is 0 Å². The monoisotopic (exact) mass is 320 g/mol. The van der Waals surface area contributed by atoms with Crippen LogP contribution in [0.4, 0.5) is 0 Å². The van der Waals surface area contributed by atoms with Crippen LogP contribution in [0, 0.1) is 0 Å². The Balaban J connectivity index is 1.33. The number of aromatic nitrogens is 1. The van der Waals surface area contributed by atoms with Gasteiger partial charge in [0.15, 0.2) is 0 Å². The number of hydrogen-bond acceptors (Lipinski definition) is 1. The molecule has 1 heterocycles. The van der Waals surface area contributed by atoms with Crippen molar-refractivity contribution in [1.82, 2.24) is 10.3 Å². The van der Waals surface area contributed by atoms with Crippen LogP contribution >= 0.6 is 0 Å². The van der Waals surface area contributed by atoms with Crippen molar-refractivity contribution in [1.29, 1.82) is 0 Å². The van der Waals surface area contributed by atoms with Crippen molar-refractivity contribution >= 4 is 16.8 Å². The number of H-pyrrole nitrogens is 1. The molecule has 2 N–H and O–H groups in total. The summed E-state index contributed by atoms with van der Waals surface area (Å²) in [7, 11) is 0. The molecule has 0 spiro atoms. The first-order valence-electron chi connectivity index (χ1n) is 8.68. The number of aryl methyl sites for hydroxylation is 1. The van der Waals surface area contributed by atoms with Crippen LogP contribution in [0.15, 0.2) is 60.8 Å². The SMILES string of the molecule is O=C(CCCCc1c[nH]c2ccccc12)NCCc1ccccc1. The minimum atomic E-state index is 0.157. The zero-order chi connectivity index (χ0) is 16.6. The highest BCUT2D eigenvalue weighted by atomic mass is 16.1. The Kier molecular flexibility index (Phi) is 5.67. The second-order valence-electron chi connectivity index (χ2n) is 6.15. The van der Waals surface area contributed by atoms with E-state index in [2.05, 4.69) is 46.8 Å². The number of amides is 1. The molecule has 3 rings (SSSR count). The normalized spacial score (nSPS) is 10.8. The third-order valence-electron chi connectivity index (χ3n) is 4.35. The van der Waals surface area contributed by atoms with E-state index in [1.807, 2.05) is 24.3 Å². The molecule has 3 aromatic rings. The minimum Gasteiger partial charge on any atom is -0.361 e. The van der Waals surface area contributed by atoms with Crippen LogP contribution in [0.2, 0.25) is 0 Å². The molecular weight excluding hydrogens is 296 g/mol. The molecule has 0 saturated carbocycles. The van der Waals surface area contributed by atoms with Gasteiger partial charge in [-0.25, -0.2) is 0 Å². The van der Waals surface area contributed by atoms with Crippen LogP contribution in [0.3, 0.4) is 0 Å². The molecule has 0 radical (unpaired) electrons. The molecule has 0 aliphatic carbocycles. The number of nitrogens with one attached hydrogen (secondary N) is 2. The standard InChI is InChI=1S/C21H24N2O/c24-21(22-15-14-17-8-2-1-3-9-17)13-7-4-10-18-16-23-20-12-6-5-11-19(18)20/h1-3,5-6,8-9,11-12,16,23H,4,7,10,13-15H2,(H,22,24). The molecule has 0 fully saturated rings. The van der Waals surface area contributed by atoms with Gasteiger partial charge in [0.05, 0.1) is 0 Å². The summed E-state index contributed by atoms with van der Waals surface area (Å²) in [4.78, 5) is 15.2. The summed E-state index contributed by atoms with van der Waals surface area (Å²) in [5.74, 6) is 0.157. The molecule has 24 heavy (non-hydrogen) atoms. The van der Waals surface area contributed by atoms with Crippen molar-refractivity contribution in [2.45, 2.75) is 32.1 Å². The van der Waals surface area contributed by atoms with Gasteiger partial charge in [0.2, 0.25) is 5.91 Å². The van der Waals surface area contributed by atoms with E-state index in [1.54, 1.807) is 0 Å². The fourth-order valence-corrected chi connectivity index (χ4v) is 3.02. The van der Waals surface area contributed by atoms with Crippen molar-refractivity contribution in [2.24, 2.45) is 0 Å². The second-order valence-corrected chi connectivity index (χ2v) is 6.15. The summed E-state index contributed by atoms with van der Waals surface area (Å²) in [6.45, 7) is 0.714. The Morgan fingerprint density at radius 3 is 2.58 bits per heavy atom. The lowest BCUT2D eigenvalue weighted by Crippen LogP contribution is -2.25. The smallest absolute Gasteiger partial charge is 0.220 e. The number of aromatic amines is 1. The van der Waals surface area contributed by atoms with Gasteiger partial charge in [0.25, 0.3) is 0 Å². The highest BCUT2D eigenvalue weighted by molar-refractivity contribution is 5.83. The molecule has 0 aliphatic heterocycles. The van der Waals surface area contributed by atoms with E-state index < -0.39 is 0 Å². The van der Waals surface area contributed by atoms with Crippen LogP contribution in [0.25, 0.3) is 10.9 Å². The number of carbonyl (C=O) groups is 1. The summed E-state index contributed by atoms with van der Waals surface area (Å²) >= 11 is 0. The lowest BCUT2D eigenvalue weighted by atomic mass is 10.1. The van der Waals surface area contributed by atoms with Gasteiger partial charge in [-0.2, -0.15) is 0 Å². The van der Waals surface area contributed by atoms with Crippen LogP contribution in [-0.4, -0.2) is 17.4 Å². The third-order valence-corrected chi connectivity index (χ3v) is 4.35. The summed E-state index contributed by atoms with van der Waals surface area (Å²) in [6.07, 6.45) is 6.57. The maximum Gasteiger partial charge on any atom is 0.220 e. The van der Waals surface area contributed by atoms with Gasteiger partial charge < -0.3 is 10.3 Å². The molecule has 124 valence electrons. The minimum absolute atomic E-state index is 0.157. The molecule has 1 amide bonds. The van der Waals surface area contributed by atoms with Crippen LogP contribution in [-0.2, 0) is 17.6 Å². The highest BCUT2D eigenvalue weighted by Crippen LogP contribution is 2.19. The first-order valence-corrected chi connectivity index (χ1v) is 8.68. The topological polar surface area (TPSA) is 44.9 Å². The average molecular weight is 320 g/mol. The van der Waals surface area contributed by atoms with E-state index in [9.17, 15) is 4.79 Å². The Morgan fingerprint density at radius 1 is 0.917 bits per heavy atom. The summed E-state index contributed by atoms with van der Waals surface area (Å²) in [5, 5.41) is 4.31. The fraction of sp³-hybridized carbons (Fsp3) is 0.286. The molecule has 3 heteroatoms. The van der Waals surface area contributed by atoms with E-state index >= 15 is 0 Å². The van der Waals surface area contributed by atoms with Crippen molar-refractivity contribution in [3.63, 3.8) is 0 Å². The predicted molar refractivity (Wildman–Crippen MR) is 99.0 cm³/mol. The van der Waals surface area contributed by atoms with E-state index in [0.29, 0.717) is 13.0 Å². The molecule has 0 saturated heterocycles. The highest BCUT2D eigenvalue weighted by Gasteiger charge is 2.04. The maximum atomic E-state index is 11.9. The van der Waals surface area contributed by atoms with Crippen LogP contribution < -0.4 is 5.32 Å². The van der Waals surface area contributed by atoms with E-state index in [1.165, 1.54) is 22.0 Å². The fourth-order valence-electron chi connectivity index (χ4n) is 3.02. The second kappa shape index (κ2) is 8.34. The van der Waals surface area contributed by atoms with Crippen molar-refractivity contribution < 1.29 is 4.79 Å². The zero-order valence-electron chi connectivity index (χ0n) is 13.9. The molecular formula is C21H24N2O. The molecule has 2 aromatic carbocycles. The Morgan fingerprint density at radius 2 is 1.71 bits per heavy atom. The quantitative estimate of drug-likeness (QED) is 0.599. The number of unbranched alkanes of at least 4 members (excludes halogenated alkanes) is 1. The summed E-state index contributed by atoms with van der Waals surface area (Å²) in [5.41, 5.74) is 3.79. The van der Waals surface area contributed by atoms with E-state index in [-0.39, 0.29) is 5.91 Å². The van der Waals surface area contributed by atoms with Crippen molar-refractivity contribution in [3.05, 3.63) is 71.9 Å². The first kappa shape index (κ1) is 16.3. The molecule has 0 aliphatic rings.